The maximum Gasteiger partial charge on any atom is 0.417 e. The molecule has 4 aromatic rings. The molecule has 0 bridgehead atoms. The number of para-hydroxylation sites is 1. The van der Waals surface area contributed by atoms with Gasteiger partial charge in [-0.15, -0.1) is 0 Å². The molecule has 0 spiro atoms. The smallest absolute Gasteiger partial charge is 0.417 e. The third kappa shape index (κ3) is 5.57. The second-order valence-corrected chi connectivity index (χ2v) is 8.36. The number of carbonyl (C=O) groups is 1. The van der Waals surface area contributed by atoms with Crippen molar-refractivity contribution in [2.75, 3.05) is 12.9 Å². The van der Waals surface area contributed by atoms with E-state index >= 15 is 0 Å². The Bertz CT molecular complexity index is 1480. The van der Waals surface area contributed by atoms with Gasteiger partial charge in [-0.1, -0.05) is 42.1 Å². The van der Waals surface area contributed by atoms with Crippen LogP contribution >= 0.6 is 11.8 Å². The molecule has 3 aromatic carbocycles. The van der Waals surface area contributed by atoms with Gasteiger partial charge in [0.2, 0.25) is 0 Å². The van der Waals surface area contributed by atoms with E-state index in [0.29, 0.717) is 22.3 Å². The van der Waals surface area contributed by atoms with E-state index in [2.05, 4.69) is 15.5 Å². The summed E-state index contributed by atoms with van der Waals surface area (Å²) in [6.45, 7) is 0. The zero-order valence-corrected chi connectivity index (χ0v) is 19.6. The van der Waals surface area contributed by atoms with E-state index in [1.54, 1.807) is 48.5 Å². The number of hydrazone groups is 1. The molecule has 36 heavy (non-hydrogen) atoms. The number of alkyl halides is 3. The molecule has 0 aliphatic rings. The lowest BCUT2D eigenvalue weighted by Gasteiger charge is -2.13. The summed E-state index contributed by atoms with van der Waals surface area (Å²) in [6.07, 6.45) is -3.61. The summed E-state index contributed by atoms with van der Waals surface area (Å²) in [5.74, 6) is -0.150. The van der Waals surface area contributed by atoms with Crippen molar-refractivity contribution in [2.45, 2.75) is 11.3 Å². The molecule has 1 heterocycles. The predicted molar refractivity (Wildman–Crippen MR) is 132 cm³/mol. The molecular weight excluding hydrogens is 493 g/mol. The van der Waals surface area contributed by atoms with Gasteiger partial charge < -0.3 is 4.74 Å². The minimum Gasteiger partial charge on any atom is -0.497 e. The molecular formula is C25H19F3N4O3S. The minimum atomic E-state index is -4.55. The second-order valence-electron chi connectivity index (χ2n) is 7.42. The number of aromatic nitrogens is 2. The van der Waals surface area contributed by atoms with Crippen molar-refractivity contribution in [1.82, 2.24) is 15.0 Å². The molecule has 0 saturated carbocycles. The molecule has 4 rings (SSSR count). The number of ether oxygens (including phenoxy) is 1. The van der Waals surface area contributed by atoms with Gasteiger partial charge in [-0.2, -0.15) is 18.3 Å². The first-order valence-electron chi connectivity index (χ1n) is 10.5. The number of carbonyl (C=O) groups excluding carboxylic acids is 1. The van der Waals surface area contributed by atoms with Crippen LogP contribution in [0.2, 0.25) is 0 Å². The predicted octanol–water partition coefficient (Wildman–Crippen LogP) is 4.66. The third-order valence-electron chi connectivity index (χ3n) is 5.07. The molecule has 0 unspecified atom stereocenters. The molecule has 0 radical (unpaired) electrons. The Morgan fingerprint density at radius 2 is 1.78 bits per heavy atom. The van der Waals surface area contributed by atoms with Crippen LogP contribution in [-0.2, 0) is 11.0 Å². The van der Waals surface area contributed by atoms with Gasteiger partial charge in [0, 0.05) is 5.56 Å². The summed E-state index contributed by atoms with van der Waals surface area (Å²) in [5, 5.41) is 4.34. The molecule has 0 aliphatic carbocycles. The maximum absolute atomic E-state index is 13.3. The van der Waals surface area contributed by atoms with E-state index in [4.69, 9.17) is 4.74 Å². The number of benzene rings is 3. The quantitative estimate of drug-likeness (QED) is 0.169. The summed E-state index contributed by atoms with van der Waals surface area (Å²) >= 11 is 0.997. The molecule has 0 aliphatic heterocycles. The molecule has 0 saturated heterocycles. The Morgan fingerprint density at radius 1 is 1.08 bits per heavy atom. The largest absolute Gasteiger partial charge is 0.497 e. The highest BCUT2D eigenvalue weighted by atomic mass is 32.2. The Balaban J connectivity index is 1.55. The molecule has 0 atom stereocenters. The Kier molecular flexibility index (Phi) is 7.39. The van der Waals surface area contributed by atoms with Crippen molar-refractivity contribution in [3.63, 3.8) is 0 Å². The Labute approximate surface area is 207 Å². The van der Waals surface area contributed by atoms with Gasteiger partial charge in [0.05, 0.1) is 41.2 Å². The lowest BCUT2D eigenvalue weighted by Crippen LogP contribution is -2.24. The molecule has 1 N–H and O–H groups in total. The van der Waals surface area contributed by atoms with Crippen LogP contribution in [0.25, 0.3) is 16.6 Å². The van der Waals surface area contributed by atoms with Crippen molar-refractivity contribution in [1.29, 1.82) is 0 Å². The zero-order chi connectivity index (χ0) is 25.7. The molecule has 0 fully saturated rings. The fourth-order valence-electron chi connectivity index (χ4n) is 3.37. The summed E-state index contributed by atoms with van der Waals surface area (Å²) in [4.78, 5) is 30.2. The van der Waals surface area contributed by atoms with Crippen LogP contribution in [0.3, 0.4) is 0 Å². The first kappa shape index (κ1) is 25.0. The van der Waals surface area contributed by atoms with E-state index in [-0.39, 0.29) is 22.0 Å². The third-order valence-corrected chi connectivity index (χ3v) is 6.01. The maximum atomic E-state index is 13.3. The van der Waals surface area contributed by atoms with Crippen molar-refractivity contribution in [3.05, 3.63) is 94.3 Å². The number of rotatable bonds is 7. The van der Waals surface area contributed by atoms with Gasteiger partial charge in [-0.05, 0) is 42.5 Å². The van der Waals surface area contributed by atoms with E-state index < -0.39 is 17.6 Å². The van der Waals surface area contributed by atoms with Gasteiger partial charge >= 0.3 is 6.18 Å². The monoisotopic (exact) mass is 512 g/mol. The Morgan fingerprint density at radius 3 is 2.50 bits per heavy atom. The molecule has 184 valence electrons. The number of halogens is 3. The standard InChI is InChI=1S/C25H19F3N4O3S/c1-35-18-12-10-17(11-13-18)32-23(34)19-7-3-5-9-21(19)30-24(32)36-15-22(33)31-29-14-16-6-2-4-8-20(16)25(26,27)28/h2-14H,15H2,1H3,(H,31,33)/b29-14-. The normalized spacial score (nSPS) is 11.7. The van der Waals surface area contributed by atoms with Crippen LogP contribution < -0.4 is 15.7 Å². The highest BCUT2D eigenvalue weighted by Crippen LogP contribution is 2.31. The van der Waals surface area contributed by atoms with E-state index in [1.165, 1.54) is 29.9 Å². The number of nitrogens with one attached hydrogen (secondary N) is 1. The van der Waals surface area contributed by atoms with Crippen LogP contribution in [0.1, 0.15) is 11.1 Å². The molecule has 1 amide bonds. The Hall–Kier alpha value is -4.12. The highest BCUT2D eigenvalue weighted by molar-refractivity contribution is 7.99. The summed E-state index contributed by atoms with van der Waals surface area (Å²) in [5.41, 5.74) is 1.87. The van der Waals surface area contributed by atoms with E-state index in [9.17, 15) is 22.8 Å². The van der Waals surface area contributed by atoms with Gasteiger partial charge in [-0.3, -0.25) is 14.2 Å². The average molecular weight is 513 g/mol. The van der Waals surface area contributed by atoms with E-state index in [1.807, 2.05) is 0 Å². The van der Waals surface area contributed by atoms with Crippen LogP contribution in [0, 0.1) is 0 Å². The number of hydrogen-bond acceptors (Lipinski definition) is 6. The summed E-state index contributed by atoms with van der Waals surface area (Å²) in [7, 11) is 1.53. The molecule has 1 aromatic heterocycles. The fourth-order valence-corrected chi connectivity index (χ4v) is 4.18. The average Bonchev–Trinajstić information content (AvgIpc) is 2.87. The number of methoxy groups -OCH3 is 1. The van der Waals surface area contributed by atoms with Gasteiger partial charge in [-0.25, -0.2) is 10.4 Å². The van der Waals surface area contributed by atoms with Crippen molar-refractivity contribution in [3.8, 4) is 11.4 Å². The van der Waals surface area contributed by atoms with Crippen LogP contribution in [0.15, 0.2) is 87.8 Å². The lowest BCUT2D eigenvalue weighted by molar-refractivity contribution is -0.137. The molecule has 11 heteroatoms. The van der Waals surface area contributed by atoms with Gasteiger partial charge in [0.1, 0.15) is 5.75 Å². The topological polar surface area (TPSA) is 85.6 Å². The van der Waals surface area contributed by atoms with Crippen LogP contribution in [-0.4, -0.2) is 34.5 Å². The van der Waals surface area contributed by atoms with Gasteiger partial charge in [0.15, 0.2) is 5.16 Å². The lowest BCUT2D eigenvalue weighted by atomic mass is 10.1. The molecule has 7 nitrogen and oxygen atoms in total. The van der Waals surface area contributed by atoms with E-state index in [0.717, 1.165) is 24.0 Å². The number of amides is 1. The number of thioether (sulfide) groups is 1. The van der Waals surface area contributed by atoms with Crippen molar-refractivity contribution >= 4 is 34.8 Å². The SMILES string of the molecule is COc1ccc(-n2c(SCC(=O)N/N=C\c3ccccc3C(F)(F)F)nc3ccccc3c2=O)cc1. The summed E-state index contributed by atoms with van der Waals surface area (Å²) < 4.78 is 45.9. The number of fused-ring (bicyclic) bond motifs is 1. The van der Waals surface area contributed by atoms with Crippen molar-refractivity contribution < 1.29 is 22.7 Å². The minimum absolute atomic E-state index is 0.178. The summed E-state index contributed by atoms with van der Waals surface area (Å²) in [6, 6.07) is 18.5. The first-order valence-corrected chi connectivity index (χ1v) is 11.5. The number of nitrogens with zero attached hydrogens (tertiary/aromatic N) is 3. The van der Waals surface area contributed by atoms with Crippen LogP contribution in [0.4, 0.5) is 13.2 Å². The van der Waals surface area contributed by atoms with Crippen molar-refractivity contribution in [2.24, 2.45) is 5.10 Å². The fraction of sp³-hybridized carbons (Fsp3) is 0.120. The van der Waals surface area contributed by atoms with Gasteiger partial charge in [0.25, 0.3) is 11.5 Å². The zero-order valence-electron chi connectivity index (χ0n) is 18.8. The number of hydrogen-bond donors (Lipinski definition) is 1. The highest BCUT2D eigenvalue weighted by Gasteiger charge is 2.32. The first-order chi connectivity index (χ1) is 17.3. The second kappa shape index (κ2) is 10.6. The van der Waals surface area contributed by atoms with Crippen LogP contribution in [0.5, 0.6) is 5.75 Å².